The number of rotatable bonds is 3. The molecule has 0 aliphatic carbocycles. The Bertz CT molecular complexity index is 514. The Hall–Kier alpha value is -1.12. The van der Waals surface area contributed by atoms with Gasteiger partial charge in [0.1, 0.15) is 0 Å². The average molecular weight is 310 g/mol. The summed E-state index contributed by atoms with van der Waals surface area (Å²) >= 11 is 9.40. The van der Waals surface area contributed by atoms with Gasteiger partial charge in [0.05, 0.1) is 5.02 Å². The van der Waals surface area contributed by atoms with E-state index in [0.717, 1.165) is 22.7 Å². The van der Waals surface area contributed by atoms with E-state index < -0.39 is 0 Å². The third-order valence-electron chi connectivity index (χ3n) is 2.51. The monoisotopic (exact) mass is 308 g/mol. The zero-order valence-electron chi connectivity index (χ0n) is 8.99. The summed E-state index contributed by atoms with van der Waals surface area (Å²) in [5, 5.41) is 0.486. The third-order valence-corrected chi connectivity index (χ3v) is 3.48. The van der Waals surface area contributed by atoms with E-state index in [2.05, 4.69) is 28.1 Å². The third kappa shape index (κ3) is 2.96. The van der Waals surface area contributed by atoms with Crippen LogP contribution < -0.4 is 0 Å². The lowest BCUT2D eigenvalue weighted by Gasteiger charge is -2.06. The first-order valence-corrected chi connectivity index (χ1v) is 6.35. The highest BCUT2D eigenvalue weighted by Gasteiger charge is 2.07. The molecule has 0 N–H and O–H groups in total. The maximum absolute atomic E-state index is 10.8. The van der Waals surface area contributed by atoms with Crippen molar-refractivity contribution in [2.75, 3.05) is 0 Å². The van der Waals surface area contributed by atoms with E-state index in [1.165, 1.54) is 5.56 Å². The molecule has 1 nitrogen and oxygen atoms in total. The minimum absolute atomic E-state index is 0.486. The smallest absolute Gasteiger partial charge is 0.152 e. The fraction of sp³-hybridized carbons (Fsp3) is 0.0714. The van der Waals surface area contributed by atoms with Crippen LogP contribution in [0.15, 0.2) is 46.9 Å². The van der Waals surface area contributed by atoms with Crippen molar-refractivity contribution in [3.8, 4) is 0 Å². The van der Waals surface area contributed by atoms with Crippen LogP contribution in [0.25, 0.3) is 0 Å². The predicted octanol–water partition coefficient (Wildman–Crippen LogP) is 4.51. The normalized spacial score (nSPS) is 10.2. The minimum Gasteiger partial charge on any atom is -0.298 e. The highest BCUT2D eigenvalue weighted by atomic mass is 79.9. The molecule has 2 aromatic rings. The summed E-state index contributed by atoms with van der Waals surface area (Å²) in [6.45, 7) is 0. The SMILES string of the molecule is O=Cc1c(Cl)cc(Cc2ccccc2)cc1Br. The van der Waals surface area contributed by atoms with Gasteiger partial charge in [0.25, 0.3) is 0 Å². The minimum atomic E-state index is 0.486. The molecule has 0 saturated carbocycles. The van der Waals surface area contributed by atoms with Crippen molar-refractivity contribution in [3.63, 3.8) is 0 Å². The van der Waals surface area contributed by atoms with Gasteiger partial charge in [-0.05, 0) is 45.6 Å². The Morgan fingerprint density at radius 2 is 1.82 bits per heavy atom. The molecule has 3 heteroatoms. The van der Waals surface area contributed by atoms with Gasteiger partial charge in [-0.1, -0.05) is 41.9 Å². The molecule has 0 aliphatic heterocycles. The zero-order chi connectivity index (χ0) is 12.3. The Morgan fingerprint density at radius 1 is 1.12 bits per heavy atom. The van der Waals surface area contributed by atoms with Crippen LogP contribution in [0.2, 0.25) is 5.02 Å². The molecule has 2 aromatic carbocycles. The molecule has 2 rings (SSSR count). The topological polar surface area (TPSA) is 17.1 Å². The fourth-order valence-corrected chi connectivity index (χ4v) is 2.68. The highest BCUT2D eigenvalue weighted by molar-refractivity contribution is 9.10. The number of aldehydes is 1. The van der Waals surface area contributed by atoms with Crippen LogP contribution >= 0.6 is 27.5 Å². The van der Waals surface area contributed by atoms with Gasteiger partial charge in [-0.15, -0.1) is 0 Å². The lowest BCUT2D eigenvalue weighted by atomic mass is 10.0. The van der Waals surface area contributed by atoms with Crippen LogP contribution in [0.5, 0.6) is 0 Å². The van der Waals surface area contributed by atoms with Crippen LogP contribution in [0.4, 0.5) is 0 Å². The van der Waals surface area contributed by atoms with Gasteiger partial charge in [0.2, 0.25) is 0 Å². The number of carbonyl (C=O) groups is 1. The van der Waals surface area contributed by atoms with Crippen molar-refractivity contribution in [2.45, 2.75) is 6.42 Å². The van der Waals surface area contributed by atoms with Gasteiger partial charge < -0.3 is 0 Å². The van der Waals surface area contributed by atoms with E-state index in [-0.39, 0.29) is 0 Å². The van der Waals surface area contributed by atoms with Gasteiger partial charge in [0, 0.05) is 10.0 Å². The van der Waals surface area contributed by atoms with Gasteiger partial charge in [0.15, 0.2) is 6.29 Å². The van der Waals surface area contributed by atoms with E-state index in [1.807, 2.05) is 30.3 Å². The second-order valence-corrected chi connectivity index (χ2v) is 5.01. The Morgan fingerprint density at radius 3 is 2.41 bits per heavy atom. The summed E-state index contributed by atoms with van der Waals surface area (Å²) in [7, 11) is 0. The van der Waals surface area contributed by atoms with Crippen molar-refractivity contribution in [3.05, 3.63) is 68.7 Å². The molecule has 0 bridgehead atoms. The fourth-order valence-electron chi connectivity index (χ4n) is 1.68. The summed E-state index contributed by atoms with van der Waals surface area (Å²) in [4.78, 5) is 10.8. The maximum Gasteiger partial charge on any atom is 0.152 e. The number of hydrogen-bond donors (Lipinski definition) is 0. The molecule has 0 unspecified atom stereocenters. The molecule has 0 radical (unpaired) electrons. The van der Waals surface area contributed by atoms with Crippen molar-refractivity contribution < 1.29 is 4.79 Å². The number of hydrogen-bond acceptors (Lipinski definition) is 1. The number of halogens is 2. The lowest BCUT2D eigenvalue weighted by Crippen LogP contribution is -1.92. The Balaban J connectivity index is 2.32. The van der Waals surface area contributed by atoms with Crippen LogP contribution in [0.3, 0.4) is 0 Å². The van der Waals surface area contributed by atoms with Crippen molar-refractivity contribution in [1.29, 1.82) is 0 Å². The molecule has 0 heterocycles. The quantitative estimate of drug-likeness (QED) is 0.763. The van der Waals surface area contributed by atoms with Gasteiger partial charge in [-0.25, -0.2) is 0 Å². The average Bonchev–Trinajstić information content (AvgIpc) is 2.30. The summed E-state index contributed by atoms with van der Waals surface area (Å²) in [5.41, 5.74) is 2.80. The summed E-state index contributed by atoms with van der Waals surface area (Å²) in [5.74, 6) is 0. The summed E-state index contributed by atoms with van der Waals surface area (Å²) in [6.07, 6.45) is 1.57. The van der Waals surface area contributed by atoms with E-state index in [4.69, 9.17) is 11.6 Å². The first-order valence-electron chi connectivity index (χ1n) is 5.17. The Labute approximate surface area is 114 Å². The second kappa shape index (κ2) is 5.48. The van der Waals surface area contributed by atoms with E-state index >= 15 is 0 Å². The largest absolute Gasteiger partial charge is 0.298 e. The summed E-state index contributed by atoms with van der Waals surface area (Å²) < 4.78 is 0.742. The molecule has 86 valence electrons. The maximum atomic E-state index is 10.8. The summed E-state index contributed by atoms with van der Waals surface area (Å²) in [6, 6.07) is 13.9. The van der Waals surface area contributed by atoms with Crippen LogP contribution in [-0.4, -0.2) is 6.29 Å². The van der Waals surface area contributed by atoms with Crippen LogP contribution in [0, 0.1) is 0 Å². The molecule has 0 atom stereocenters. The highest BCUT2D eigenvalue weighted by Crippen LogP contribution is 2.26. The van der Waals surface area contributed by atoms with E-state index in [0.29, 0.717) is 10.6 Å². The van der Waals surface area contributed by atoms with Gasteiger partial charge in [-0.3, -0.25) is 4.79 Å². The zero-order valence-corrected chi connectivity index (χ0v) is 11.3. The van der Waals surface area contributed by atoms with E-state index in [9.17, 15) is 4.79 Å². The standard InChI is InChI=1S/C14H10BrClO/c15-13-7-11(8-14(16)12(13)9-17)6-10-4-2-1-3-5-10/h1-5,7-9H,6H2. The Kier molecular flexibility index (Phi) is 3.97. The molecule has 0 fully saturated rings. The van der Waals surface area contributed by atoms with Gasteiger partial charge >= 0.3 is 0 Å². The first-order chi connectivity index (χ1) is 8.20. The van der Waals surface area contributed by atoms with Crippen molar-refractivity contribution in [1.82, 2.24) is 0 Å². The molecular formula is C14H10BrClO. The second-order valence-electron chi connectivity index (χ2n) is 3.75. The molecule has 17 heavy (non-hydrogen) atoms. The number of carbonyl (C=O) groups excluding carboxylic acids is 1. The molecular weight excluding hydrogens is 300 g/mol. The molecule has 0 aliphatic rings. The lowest BCUT2D eigenvalue weighted by molar-refractivity contribution is 0.112. The number of benzene rings is 2. The van der Waals surface area contributed by atoms with Crippen LogP contribution in [0.1, 0.15) is 21.5 Å². The predicted molar refractivity (Wildman–Crippen MR) is 73.8 cm³/mol. The molecule has 0 spiro atoms. The molecule has 0 aromatic heterocycles. The van der Waals surface area contributed by atoms with Crippen molar-refractivity contribution >= 4 is 33.8 Å². The van der Waals surface area contributed by atoms with E-state index in [1.54, 1.807) is 0 Å². The van der Waals surface area contributed by atoms with Crippen LogP contribution in [-0.2, 0) is 6.42 Å². The molecule has 0 saturated heterocycles. The first kappa shape index (κ1) is 12.3. The van der Waals surface area contributed by atoms with Crippen molar-refractivity contribution in [2.24, 2.45) is 0 Å². The van der Waals surface area contributed by atoms with Gasteiger partial charge in [-0.2, -0.15) is 0 Å². The molecule has 0 amide bonds.